The first-order valence-electron chi connectivity index (χ1n) is 12.7. The third kappa shape index (κ3) is 3.50. The van der Waals surface area contributed by atoms with Crippen molar-refractivity contribution < 1.29 is 14.3 Å². The predicted octanol–water partition coefficient (Wildman–Crippen LogP) is 6.15. The van der Waals surface area contributed by atoms with E-state index < -0.39 is 11.8 Å². The lowest BCUT2D eigenvalue weighted by atomic mass is 9.55. The van der Waals surface area contributed by atoms with Crippen LogP contribution in [0.2, 0.25) is 5.02 Å². The minimum atomic E-state index is -0.445. The van der Waals surface area contributed by atoms with Gasteiger partial charge < -0.3 is 4.74 Å². The van der Waals surface area contributed by atoms with Gasteiger partial charge in [-0.3, -0.25) is 9.59 Å². The number of hydrogen-bond donors (Lipinski definition) is 0. The van der Waals surface area contributed by atoms with Gasteiger partial charge in [-0.1, -0.05) is 90.5 Å². The molecule has 4 aliphatic rings. The van der Waals surface area contributed by atoms with E-state index in [1.807, 2.05) is 72.8 Å². The highest BCUT2D eigenvalue weighted by Crippen LogP contribution is 2.60. The molecule has 2 amide bonds. The molecule has 1 aliphatic heterocycles. The quantitative estimate of drug-likeness (QED) is 0.235. The number of hydrogen-bond acceptors (Lipinski definition) is 4. The molecule has 6 heteroatoms. The summed E-state index contributed by atoms with van der Waals surface area (Å²) < 4.78 is 5.92. The van der Waals surface area contributed by atoms with E-state index in [-0.39, 0.29) is 23.7 Å². The number of imide groups is 1. The molecule has 0 saturated carbocycles. The molecule has 1 heterocycles. The molecule has 38 heavy (non-hydrogen) atoms. The molecule has 0 unspecified atom stereocenters. The molecule has 0 spiro atoms. The third-order valence-electron chi connectivity index (χ3n) is 7.96. The van der Waals surface area contributed by atoms with Crippen molar-refractivity contribution in [2.24, 2.45) is 16.9 Å². The van der Waals surface area contributed by atoms with Gasteiger partial charge in [-0.15, -0.1) is 0 Å². The number of carbonyl (C=O) groups excluding carboxylic acids is 2. The summed E-state index contributed by atoms with van der Waals surface area (Å²) in [6.07, 6.45) is 1.55. The highest BCUT2D eigenvalue weighted by molar-refractivity contribution is 6.31. The maximum atomic E-state index is 13.7. The zero-order valence-corrected chi connectivity index (χ0v) is 21.1. The maximum absolute atomic E-state index is 13.7. The van der Waals surface area contributed by atoms with Crippen LogP contribution in [0.5, 0.6) is 5.75 Å². The topological polar surface area (TPSA) is 59.0 Å². The summed E-state index contributed by atoms with van der Waals surface area (Å²) >= 11 is 6.24. The molecular formula is C32H23ClN2O3. The zero-order valence-electron chi connectivity index (χ0n) is 20.3. The van der Waals surface area contributed by atoms with E-state index in [1.165, 1.54) is 0 Å². The molecule has 186 valence electrons. The number of amides is 2. The Balaban J connectivity index is 1.16. The fourth-order valence-corrected chi connectivity index (χ4v) is 6.55. The van der Waals surface area contributed by atoms with Crippen molar-refractivity contribution >= 4 is 29.6 Å². The highest BCUT2D eigenvalue weighted by Gasteiger charge is 2.61. The van der Waals surface area contributed by atoms with Crippen LogP contribution in [0.1, 0.15) is 45.2 Å². The Kier molecular flexibility index (Phi) is 5.41. The fourth-order valence-electron chi connectivity index (χ4n) is 6.36. The monoisotopic (exact) mass is 518 g/mol. The normalized spacial score (nSPS) is 22.9. The molecule has 0 N–H and O–H groups in total. The van der Waals surface area contributed by atoms with Gasteiger partial charge >= 0.3 is 0 Å². The Morgan fingerprint density at radius 1 is 0.737 bits per heavy atom. The summed E-state index contributed by atoms with van der Waals surface area (Å²) in [5.41, 5.74) is 6.20. The lowest BCUT2D eigenvalue weighted by Crippen LogP contribution is -2.41. The first-order valence-corrected chi connectivity index (χ1v) is 13.1. The Morgan fingerprint density at radius 2 is 1.29 bits per heavy atom. The van der Waals surface area contributed by atoms with Crippen LogP contribution >= 0.6 is 11.6 Å². The van der Waals surface area contributed by atoms with Gasteiger partial charge in [0.25, 0.3) is 11.8 Å². The van der Waals surface area contributed by atoms with Crippen LogP contribution in [0.15, 0.2) is 102 Å². The second-order valence-electron chi connectivity index (χ2n) is 9.95. The van der Waals surface area contributed by atoms with E-state index in [2.05, 4.69) is 29.4 Å². The molecule has 0 aromatic heterocycles. The molecule has 5 nitrogen and oxygen atoms in total. The van der Waals surface area contributed by atoms with Crippen molar-refractivity contribution in [2.45, 2.75) is 18.4 Å². The van der Waals surface area contributed by atoms with E-state index in [4.69, 9.17) is 16.3 Å². The van der Waals surface area contributed by atoms with E-state index >= 15 is 0 Å². The molecule has 1 saturated heterocycles. The smallest absolute Gasteiger partial charge is 0.254 e. The number of nitrogens with zero attached hydrogens (tertiary/aromatic N) is 2. The first-order chi connectivity index (χ1) is 18.6. The molecule has 8 rings (SSSR count). The molecule has 2 bridgehead atoms. The van der Waals surface area contributed by atoms with Crippen LogP contribution in [0.3, 0.4) is 0 Å². The van der Waals surface area contributed by atoms with Crippen LogP contribution in [0.25, 0.3) is 0 Å². The van der Waals surface area contributed by atoms with Gasteiger partial charge in [-0.2, -0.15) is 10.1 Å². The van der Waals surface area contributed by atoms with Crippen molar-refractivity contribution in [3.63, 3.8) is 0 Å². The number of rotatable bonds is 5. The molecule has 0 radical (unpaired) electrons. The minimum absolute atomic E-state index is 0.143. The molecule has 3 aliphatic carbocycles. The number of carbonyl (C=O) groups is 2. The average Bonchev–Trinajstić information content (AvgIpc) is 3.21. The minimum Gasteiger partial charge on any atom is -0.489 e. The van der Waals surface area contributed by atoms with E-state index in [1.54, 1.807) is 6.21 Å². The van der Waals surface area contributed by atoms with Crippen LogP contribution in [0, 0.1) is 11.8 Å². The van der Waals surface area contributed by atoms with Crippen molar-refractivity contribution in [3.05, 3.63) is 135 Å². The van der Waals surface area contributed by atoms with E-state index in [0.717, 1.165) is 38.4 Å². The van der Waals surface area contributed by atoms with Gasteiger partial charge in [0.05, 0.1) is 18.1 Å². The maximum Gasteiger partial charge on any atom is 0.254 e. The SMILES string of the molecule is O=C1[C@@H]2C3c4ccccc4C(c4ccccc43)[C@@H]2C(=O)N1/N=C\c1cccc(OCc2ccccc2Cl)c1. The molecule has 4 aromatic carbocycles. The Bertz CT molecular complexity index is 1520. The van der Waals surface area contributed by atoms with Gasteiger partial charge in [0.15, 0.2) is 0 Å². The number of ether oxygens (including phenoxy) is 1. The lowest BCUT2D eigenvalue weighted by Gasteiger charge is -2.45. The average molecular weight is 519 g/mol. The summed E-state index contributed by atoms with van der Waals surface area (Å²) in [6, 6.07) is 31.3. The molecule has 2 atom stereocenters. The summed E-state index contributed by atoms with van der Waals surface area (Å²) in [6.45, 7) is 0.330. The summed E-state index contributed by atoms with van der Waals surface area (Å²) in [5.74, 6) is -1.00. The molecular weight excluding hydrogens is 496 g/mol. The summed E-state index contributed by atoms with van der Waals surface area (Å²) in [5, 5.41) is 6.14. The van der Waals surface area contributed by atoms with Gasteiger partial charge in [-0.25, -0.2) is 0 Å². The predicted molar refractivity (Wildman–Crippen MR) is 145 cm³/mol. The Labute approximate surface area is 225 Å². The Morgan fingerprint density at radius 3 is 1.87 bits per heavy atom. The van der Waals surface area contributed by atoms with Crippen molar-refractivity contribution in [1.82, 2.24) is 5.01 Å². The van der Waals surface area contributed by atoms with Crippen LogP contribution in [-0.2, 0) is 16.2 Å². The number of benzene rings is 4. The van der Waals surface area contributed by atoms with Gasteiger partial charge in [0.2, 0.25) is 0 Å². The first kappa shape index (κ1) is 22.9. The zero-order chi connectivity index (χ0) is 25.8. The fraction of sp³-hybridized carbons (Fsp3) is 0.156. The van der Waals surface area contributed by atoms with Crippen LogP contribution in [-0.4, -0.2) is 23.0 Å². The number of hydrazone groups is 1. The van der Waals surface area contributed by atoms with Crippen LogP contribution in [0.4, 0.5) is 0 Å². The second-order valence-corrected chi connectivity index (χ2v) is 10.4. The van der Waals surface area contributed by atoms with Crippen molar-refractivity contribution in [2.75, 3.05) is 0 Å². The van der Waals surface area contributed by atoms with Gasteiger partial charge in [0, 0.05) is 22.4 Å². The largest absolute Gasteiger partial charge is 0.489 e. The number of halogens is 1. The Hall–Kier alpha value is -4.22. The lowest BCUT2D eigenvalue weighted by molar-refractivity contribution is -0.139. The van der Waals surface area contributed by atoms with Gasteiger partial charge in [0.1, 0.15) is 12.4 Å². The van der Waals surface area contributed by atoms with Crippen molar-refractivity contribution in [3.8, 4) is 5.75 Å². The van der Waals surface area contributed by atoms with Crippen molar-refractivity contribution in [1.29, 1.82) is 0 Å². The molecule has 4 aromatic rings. The summed E-state index contributed by atoms with van der Waals surface area (Å²) in [4.78, 5) is 27.4. The summed E-state index contributed by atoms with van der Waals surface area (Å²) in [7, 11) is 0. The van der Waals surface area contributed by atoms with E-state index in [0.29, 0.717) is 17.4 Å². The van der Waals surface area contributed by atoms with Crippen LogP contribution < -0.4 is 4.74 Å². The van der Waals surface area contributed by atoms with Gasteiger partial charge in [-0.05, 0) is 46.0 Å². The molecule has 1 fully saturated rings. The van der Waals surface area contributed by atoms with E-state index in [9.17, 15) is 9.59 Å². The second kappa shape index (κ2) is 8.96. The highest BCUT2D eigenvalue weighted by atomic mass is 35.5. The standard InChI is InChI=1S/C32H23ClN2O3/c33-26-15-6-1-9-20(26)18-38-21-10-7-8-19(16-21)17-34-35-31(36)29-27-22-11-2-3-12-23(22)28(30(29)32(35)37)25-14-5-4-13-24(25)27/h1-17,27-30H,18H2/b34-17-/t27?,28?,29-,30+. The third-order valence-corrected chi connectivity index (χ3v) is 8.33.